The van der Waals surface area contributed by atoms with Crippen molar-refractivity contribution in [1.29, 1.82) is 0 Å². The highest BCUT2D eigenvalue weighted by atomic mass is 35.5. The lowest BCUT2D eigenvalue weighted by Crippen LogP contribution is -2.23. The van der Waals surface area contributed by atoms with E-state index in [1.165, 1.54) is 49.7 Å². The van der Waals surface area contributed by atoms with Gasteiger partial charge in [0.1, 0.15) is 0 Å². The Labute approximate surface area is 128 Å². The smallest absolute Gasteiger partial charge is 0.0536 e. The summed E-state index contributed by atoms with van der Waals surface area (Å²) < 4.78 is 0. The van der Waals surface area contributed by atoms with Gasteiger partial charge in [-0.25, -0.2) is 0 Å². The van der Waals surface area contributed by atoms with E-state index in [1.54, 1.807) is 5.57 Å². The fourth-order valence-electron chi connectivity index (χ4n) is 2.99. The molecule has 0 amide bonds. The Kier molecular flexibility index (Phi) is 6.12. The number of rotatable bonds is 4. The second kappa shape index (κ2) is 7.85. The first kappa shape index (κ1) is 15.6. The van der Waals surface area contributed by atoms with Gasteiger partial charge in [0.15, 0.2) is 0 Å². The maximum atomic E-state index is 6.16. The molecule has 1 atom stereocenters. The van der Waals surface area contributed by atoms with Gasteiger partial charge in [-0.15, -0.1) is 0 Å². The molecule has 1 aliphatic rings. The zero-order chi connectivity index (χ0) is 14.4. The van der Waals surface area contributed by atoms with Crippen LogP contribution in [0.3, 0.4) is 0 Å². The maximum absolute atomic E-state index is 6.16. The Balaban J connectivity index is 2.26. The van der Waals surface area contributed by atoms with Crippen molar-refractivity contribution in [3.63, 3.8) is 0 Å². The first-order valence-corrected chi connectivity index (χ1v) is 8.28. The standard InChI is InChI=1S/C18H26ClN/c1-3-20-18(15-9-7-5-4-6-8-10-15)16-11-12-17(19)14(2)13-16/h9,11-13,18,20H,3-8,10H2,1-2H3/b15-9+. The van der Waals surface area contributed by atoms with Gasteiger partial charge in [0.05, 0.1) is 6.04 Å². The van der Waals surface area contributed by atoms with Crippen LogP contribution in [-0.4, -0.2) is 6.54 Å². The van der Waals surface area contributed by atoms with E-state index in [-0.39, 0.29) is 0 Å². The first-order valence-electron chi connectivity index (χ1n) is 7.90. The van der Waals surface area contributed by atoms with Crippen LogP contribution in [0.1, 0.15) is 62.6 Å². The van der Waals surface area contributed by atoms with E-state index in [0.717, 1.165) is 11.6 Å². The first-order chi connectivity index (χ1) is 9.72. The van der Waals surface area contributed by atoms with E-state index in [1.807, 2.05) is 6.07 Å². The van der Waals surface area contributed by atoms with Gasteiger partial charge >= 0.3 is 0 Å². The molecule has 0 bridgehead atoms. The molecule has 2 rings (SSSR count). The molecule has 0 aromatic heterocycles. The zero-order valence-corrected chi connectivity index (χ0v) is 13.5. The summed E-state index contributed by atoms with van der Waals surface area (Å²) in [5.74, 6) is 0. The van der Waals surface area contributed by atoms with Gasteiger partial charge in [-0.1, -0.05) is 55.1 Å². The zero-order valence-electron chi connectivity index (χ0n) is 12.7. The summed E-state index contributed by atoms with van der Waals surface area (Å²) in [6.07, 6.45) is 10.3. The molecule has 0 radical (unpaired) electrons. The lowest BCUT2D eigenvalue weighted by Gasteiger charge is -2.24. The predicted molar refractivity (Wildman–Crippen MR) is 88.4 cm³/mol. The second-order valence-corrected chi connectivity index (χ2v) is 6.14. The van der Waals surface area contributed by atoms with E-state index >= 15 is 0 Å². The van der Waals surface area contributed by atoms with Crippen LogP contribution in [0.4, 0.5) is 0 Å². The molecule has 0 saturated carbocycles. The van der Waals surface area contributed by atoms with E-state index in [4.69, 9.17) is 11.6 Å². The van der Waals surface area contributed by atoms with E-state index in [0.29, 0.717) is 6.04 Å². The molecule has 0 saturated heterocycles. The molecule has 110 valence electrons. The van der Waals surface area contributed by atoms with Crippen LogP contribution in [0.15, 0.2) is 29.8 Å². The van der Waals surface area contributed by atoms with Crippen LogP contribution in [-0.2, 0) is 0 Å². The average Bonchev–Trinajstić information content (AvgIpc) is 2.40. The second-order valence-electron chi connectivity index (χ2n) is 5.73. The van der Waals surface area contributed by atoms with Gasteiger partial charge in [-0.05, 0) is 56.3 Å². The number of nitrogens with one attached hydrogen (secondary N) is 1. The summed E-state index contributed by atoms with van der Waals surface area (Å²) in [6.45, 7) is 5.25. The van der Waals surface area contributed by atoms with Crippen molar-refractivity contribution in [3.05, 3.63) is 46.0 Å². The Morgan fingerprint density at radius 2 is 2.00 bits per heavy atom. The average molecular weight is 292 g/mol. The largest absolute Gasteiger partial charge is 0.307 e. The summed E-state index contributed by atoms with van der Waals surface area (Å²) >= 11 is 6.16. The summed E-state index contributed by atoms with van der Waals surface area (Å²) in [4.78, 5) is 0. The van der Waals surface area contributed by atoms with Crippen molar-refractivity contribution < 1.29 is 0 Å². The highest BCUT2D eigenvalue weighted by molar-refractivity contribution is 6.31. The third-order valence-electron chi connectivity index (χ3n) is 4.12. The Hall–Kier alpha value is -0.790. The lowest BCUT2D eigenvalue weighted by atomic mass is 9.90. The van der Waals surface area contributed by atoms with Crippen LogP contribution in [0.2, 0.25) is 5.02 Å². The van der Waals surface area contributed by atoms with Crippen LogP contribution in [0, 0.1) is 6.92 Å². The molecule has 0 aliphatic heterocycles. The third kappa shape index (κ3) is 4.10. The molecule has 1 aromatic rings. The number of benzene rings is 1. The normalized spacial score (nSPS) is 20.6. The summed E-state index contributed by atoms with van der Waals surface area (Å²) in [6, 6.07) is 6.78. The summed E-state index contributed by atoms with van der Waals surface area (Å²) in [5.41, 5.74) is 4.08. The summed E-state index contributed by atoms with van der Waals surface area (Å²) in [7, 11) is 0. The molecule has 1 aliphatic carbocycles. The van der Waals surface area contributed by atoms with Gasteiger partial charge < -0.3 is 5.32 Å². The fraction of sp³-hybridized carbons (Fsp3) is 0.556. The SMILES string of the molecule is CCNC(/C1=C/CCCCCC1)c1ccc(Cl)c(C)c1. The van der Waals surface area contributed by atoms with Crippen LogP contribution < -0.4 is 5.32 Å². The number of aryl methyl sites for hydroxylation is 1. The van der Waals surface area contributed by atoms with E-state index in [9.17, 15) is 0 Å². The third-order valence-corrected chi connectivity index (χ3v) is 4.54. The molecule has 2 heteroatoms. The van der Waals surface area contributed by atoms with Gasteiger partial charge in [-0.2, -0.15) is 0 Å². The van der Waals surface area contributed by atoms with Crippen molar-refractivity contribution in [2.24, 2.45) is 0 Å². The predicted octanol–water partition coefficient (Wildman–Crippen LogP) is 5.58. The molecule has 1 N–H and O–H groups in total. The maximum Gasteiger partial charge on any atom is 0.0536 e. The molecule has 0 spiro atoms. The number of likely N-dealkylation sites (N-methyl/N-ethyl adjacent to an activating group) is 1. The van der Waals surface area contributed by atoms with Crippen molar-refractivity contribution in [2.75, 3.05) is 6.54 Å². The van der Waals surface area contributed by atoms with Crippen LogP contribution in [0.25, 0.3) is 0 Å². The molecule has 1 unspecified atom stereocenters. The van der Waals surface area contributed by atoms with Crippen molar-refractivity contribution in [2.45, 2.75) is 58.4 Å². The molecule has 0 heterocycles. The van der Waals surface area contributed by atoms with E-state index < -0.39 is 0 Å². The minimum absolute atomic E-state index is 0.356. The minimum Gasteiger partial charge on any atom is -0.307 e. The monoisotopic (exact) mass is 291 g/mol. The van der Waals surface area contributed by atoms with Gasteiger partial charge in [0.25, 0.3) is 0 Å². The fourth-order valence-corrected chi connectivity index (χ4v) is 3.11. The number of hydrogen-bond acceptors (Lipinski definition) is 1. The molecular weight excluding hydrogens is 266 g/mol. The van der Waals surface area contributed by atoms with Crippen molar-refractivity contribution >= 4 is 11.6 Å². The molecule has 1 nitrogen and oxygen atoms in total. The van der Waals surface area contributed by atoms with Gasteiger partial charge in [0.2, 0.25) is 0 Å². The lowest BCUT2D eigenvalue weighted by molar-refractivity contribution is 0.554. The Morgan fingerprint density at radius 1 is 1.20 bits per heavy atom. The van der Waals surface area contributed by atoms with Crippen molar-refractivity contribution in [3.8, 4) is 0 Å². The van der Waals surface area contributed by atoms with Crippen LogP contribution in [0.5, 0.6) is 0 Å². The van der Waals surface area contributed by atoms with Crippen molar-refractivity contribution in [1.82, 2.24) is 5.32 Å². The Bertz CT molecular complexity index is 464. The highest BCUT2D eigenvalue weighted by Crippen LogP contribution is 2.30. The molecule has 20 heavy (non-hydrogen) atoms. The highest BCUT2D eigenvalue weighted by Gasteiger charge is 2.16. The molecule has 0 fully saturated rings. The number of hydrogen-bond donors (Lipinski definition) is 1. The topological polar surface area (TPSA) is 12.0 Å². The molecule has 1 aromatic carbocycles. The minimum atomic E-state index is 0.356. The number of allylic oxidation sites excluding steroid dienone is 1. The van der Waals surface area contributed by atoms with E-state index in [2.05, 4.69) is 37.4 Å². The van der Waals surface area contributed by atoms with Gasteiger partial charge in [-0.3, -0.25) is 0 Å². The quantitative estimate of drug-likeness (QED) is 0.714. The number of halogens is 1. The summed E-state index contributed by atoms with van der Waals surface area (Å²) in [5, 5.41) is 4.51. The molecular formula is C18H26ClN. The van der Waals surface area contributed by atoms with Gasteiger partial charge in [0, 0.05) is 5.02 Å². The van der Waals surface area contributed by atoms with Crippen LogP contribution >= 0.6 is 11.6 Å². The Morgan fingerprint density at radius 3 is 2.75 bits per heavy atom.